The Bertz CT molecular complexity index is 498. The SMILES string of the molecule is O=[N+]([O-])c1ccc([C@@H]2[NH2+]CC[C@@]3(O)CCCC[C@@H]23)cc1. The summed E-state index contributed by atoms with van der Waals surface area (Å²) in [6, 6.07) is 7.06. The number of rotatable bonds is 2. The van der Waals surface area contributed by atoms with Crippen molar-refractivity contribution in [2.24, 2.45) is 5.92 Å². The molecule has 3 N–H and O–H groups in total. The Balaban J connectivity index is 1.86. The van der Waals surface area contributed by atoms with Crippen molar-refractivity contribution >= 4 is 5.69 Å². The van der Waals surface area contributed by atoms with Crippen molar-refractivity contribution in [1.29, 1.82) is 0 Å². The molecule has 5 nitrogen and oxygen atoms in total. The third-order valence-electron chi connectivity index (χ3n) is 4.99. The molecule has 1 aromatic rings. The fourth-order valence-corrected chi connectivity index (χ4v) is 3.94. The molecule has 0 amide bonds. The second-order valence-corrected chi connectivity index (χ2v) is 6.10. The highest BCUT2D eigenvalue weighted by Gasteiger charge is 2.48. The molecule has 5 heteroatoms. The van der Waals surface area contributed by atoms with E-state index in [-0.39, 0.29) is 22.6 Å². The molecule has 1 saturated carbocycles. The van der Waals surface area contributed by atoms with Gasteiger partial charge in [0.1, 0.15) is 6.04 Å². The molecule has 108 valence electrons. The fraction of sp³-hybridized carbons (Fsp3) is 0.600. The van der Waals surface area contributed by atoms with Crippen LogP contribution >= 0.6 is 0 Å². The first-order valence-electron chi connectivity index (χ1n) is 7.40. The number of nitrogens with two attached hydrogens (primary N) is 1. The molecular weight excluding hydrogens is 256 g/mol. The van der Waals surface area contributed by atoms with Gasteiger partial charge in [-0.3, -0.25) is 10.1 Å². The smallest absolute Gasteiger partial charge is 0.269 e. The maximum Gasteiger partial charge on any atom is 0.269 e. The van der Waals surface area contributed by atoms with Gasteiger partial charge in [0.2, 0.25) is 0 Å². The van der Waals surface area contributed by atoms with Crippen LogP contribution in [0, 0.1) is 16.0 Å². The fourth-order valence-electron chi connectivity index (χ4n) is 3.94. The second-order valence-electron chi connectivity index (χ2n) is 6.10. The summed E-state index contributed by atoms with van der Waals surface area (Å²) in [7, 11) is 0. The Morgan fingerprint density at radius 3 is 2.70 bits per heavy atom. The zero-order valence-corrected chi connectivity index (χ0v) is 11.5. The largest absolute Gasteiger partial charge is 0.389 e. The quantitative estimate of drug-likeness (QED) is 0.635. The minimum absolute atomic E-state index is 0.128. The molecule has 1 aromatic carbocycles. The van der Waals surface area contributed by atoms with E-state index in [1.165, 1.54) is 6.42 Å². The molecule has 0 bridgehead atoms. The first-order valence-corrected chi connectivity index (χ1v) is 7.40. The molecule has 0 unspecified atom stereocenters. The van der Waals surface area contributed by atoms with E-state index in [4.69, 9.17) is 0 Å². The highest BCUT2D eigenvalue weighted by molar-refractivity contribution is 5.34. The molecular formula is C15H21N2O3+. The summed E-state index contributed by atoms with van der Waals surface area (Å²) < 4.78 is 0. The van der Waals surface area contributed by atoms with Gasteiger partial charge in [-0.1, -0.05) is 12.8 Å². The van der Waals surface area contributed by atoms with Crippen LogP contribution in [-0.4, -0.2) is 22.2 Å². The summed E-state index contributed by atoms with van der Waals surface area (Å²) >= 11 is 0. The highest BCUT2D eigenvalue weighted by Crippen LogP contribution is 2.43. The van der Waals surface area contributed by atoms with E-state index >= 15 is 0 Å². The minimum Gasteiger partial charge on any atom is -0.389 e. The first kappa shape index (κ1) is 13.5. The van der Waals surface area contributed by atoms with Crippen LogP contribution in [0.5, 0.6) is 0 Å². The van der Waals surface area contributed by atoms with Gasteiger partial charge in [0, 0.05) is 30.0 Å². The van der Waals surface area contributed by atoms with Gasteiger partial charge >= 0.3 is 0 Å². The number of hydrogen-bond donors (Lipinski definition) is 2. The maximum atomic E-state index is 10.8. The molecule has 0 aromatic heterocycles. The van der Waals surface area contributed by atoms with Gasteiger partial charge in [0.05, 0.1) is 17.1 Å². The second kappa shape index (κ2) is 5.14. The molecule has 2 aliphatic rings. The van der Waals surface area contributed by atoms with E-state index in [1.807, 2.05) is 12.1 Å². The molecule has 0 radical (unpaired) electrons. The monoisotopic (exact) mass is 277 g/mol. The zero-order chi connectivity index (χ0) is 14.2. The van der Waals surface area contributed by atoms with E-state index in [1.54, 1.807) is 12.1 Å². The lowest BCUT2D eigenvalue weighted by Gasteiger charge is -2.46. The lowest BCUT2D eigenvalue weighted by Crippen LogP contribution is -2.91. The van der Waals surface area contributed by atoms with E-state index < -0.39 is 5.60 Å². The van der Waals surface area contributed by atoms with E-state index in [0.29, 0.717) is 0 Å². The van der Waals surface area contributed by atoms with Crippen molar-refractivity contribution in [2.45, 2.75) is 43.7 Å². The first-order chi connectivity index (χ1) is 9.60. The van der Waals surface area contributed by atoms with E-state index in [9.17, 15) is 15.2 Å². The highest BCUT2D eigenvalue weighted by atomic mass is 16.6. The van der Waals surface area contributed by atoms with Crippen molar-refractivity contribution in [2.75, 3.05) is 6.54 Å². The van der Waals surface area contributed by atoms with Crippen LogP contribution in [0.15, 0.2) is 24.3 Å². The summed E-state index contributed by atoms with van der Waals surface area (Å²) in [5.41, 5.74) is 0.698. The summed E-state index contributed by atoms with van der Waals surface area (Å²) in [6.07, 6.45) is 5.09. The minimum atomic E-state index is -0.528. The molecule has 3 atom stereocenters. The van der Waals surface area contributed by atoms with Crippen LogP contribution in [0.4, 0.5) is 5.69 Å². The van der Waals surface area contributed by atoms with Gasteiger partial charge in [-0.15, -0.1) is 0 Å². The average molecular weight is 277 g/mol. The van der Waals surface area contributed by atoms with Crippen LogP contribution in [0.25, 0.3) is 0 Å². The summed E-state index contributed by atoms with van der Waals surface area (Å²) in [6.45, 7) is 0.925. The van der Waals surface area contributed by atoms with Crippen LogP contribution in [0.1, 0.15) is 43.7 Å². The lowest BCUT2D eigenvalue weighted by atomic mass is 9.67. The van der Waals surface area contributed by atoms with Gasteiger partial charge < -0.3 is 10.4 Å². The Labute approximate surface area is 118 Å². The number of benzene rings is 1. The Morgan fingerprint density at radius 1 is 1.25 bits per heavy atom. The predicted octanol–water partition coefficient (Wildman–Crippen LogP) is 1.52. The van der Waals surface area contributed by atoms with Crippen molar-refractivity contribution in [1.82, 2.24) is 0 Å². The molecule has 20 heavy (non-hydrogen) atoms. The molecule has 2 fully saturated rings. The number of nitrogens with zero attached hydrogens (tertiary/aromatic N) is 1. The van der Waals surface area contributed by atoms with Crippen molar-refractivity contribution in [3.05, 3.63) is 39.9 Å². The number of nitro groups is 1. The van der Waals surface area contributed by atoms with Crippen molar-refractivity contribution in [3.63, 3.8) is 0 Å². The van der Waals surface area contributed by atoms with E-state index in [2.05, 4.69) is 5.32 Å². The Hall–Kier alpha value is -1.46. The molecule has 1 aliphatic heterocycles. The van der Waals surface area contributed by atoms with Crippen molar-refractivity contribution < 1.29 is 15.3 Å². The van der Waals surface area contributed by atoms with Gasteiger partial charge in [-0.05, 0) is 25.0 Å². The molecule has 3 rings (SSSR count). The number of fused-ring (bicyclic) bond motifs is 1. The zero-order valence-electron chi connectivity index (χ0n) is 11.5. The lowest BCUT2D eigenvalue weighted by molar-refractivity contribution is -0.719. The normalized spacial score (nSPS) is 33.5. The average Bonchev–Trinajstić information content (AvgIpc) is 2.46. The topological polar surface area (TPSA) is 80.0 Å². The number of aliphatic hydroxyl groups is 1. The van der Waals surface area contributed by atoms with Crippen molar-refractivity contribution in [3.8, 4) is 0 Å². The van der Waals surface area contributed by atoms with Gasteiger partial charge in [0.15, 0.2) is 0 Å². The Kier molecular flexibility index (Phi) is 3.48. The van der Waals surface area contributed by atoms with Crippen LogP contribution in [0.3, 0.4) is 0 Å². The van der Waals surface area contributed by atoms with E-state index in [0.717, 1.165) is 37.8 Å². The van der Waals surface area contributed by atoms with Crippen LogP contribution < -0.4 is 5.32 Å². The number of hydrogen-bond acceptors (Lipinski definition) is 3. The number of quaternary nitrogens is 1. The molecule has 1 saturated heterocycles. The number of non-ortho nitro benzene ring substituents is 1. The molecule has 1 aliphatic carbocycles. The van der Waals surface area contributed by atoms with Gasteiger partial charge in [-0.25, -0.2) is 0 Å². The summed E-state index contributed by atoms with van der Waals surface area (Å²) in [5, 5.41) is 23.8. The number of piperidine rings is 1. The molecule has 0 spiro atoms. The number of nitro benzene ring substituents is 1. The third kappa shape index (κ3) is 2.31. The van der Waals surface area contributed by atoms with Gasteiger partial charge in [0.25, 0.3) is 5.69 Å². The van der Waals surface area contributed by atoms with Gasteiger partial charge in [-0.2, -0.15) is 0 Å². The molecule has 1 heterocycles. The third-order valence-corrected chi connectivity index (χ3v) is 4.99. The standard InChI is InChI=1S/C15H20N2O3/c18-15-8-2-1-3-13(15)14(16-10-9-15)11-4-6-12(7-5-11)17(19)20/h4-7,13-14,16,18H,1-3,8-10H2/p+1/t13-,14-,15-/m0/s1. The van der Waals surface area contributed by atoms with Crippen LogP contribution in [-0.2, 0) is 0 Å². The predicted molar refractivity (Wildman–Crippen MR) is 74.2 cm³/mol. The summed E-state index contributed by atoms with van der Waals surface area (Å²) in [5.74, 6) is 0.270. The summed E-state index contributed by atoms with van der Waals surface area (Å²) in [4.78, 5) is 10.4. The maximum absolute atomic E-state index is 10.8. The van der Waals surface area contributed by atoms with Crippen LogP contribution in [0.2, 0.25) is 0 Å². The Morgan fingerprint density at radius 2 is 2.00 bits per heavy atom.